The number of Topliss-reactive ketones (excluding diaryl/α,β-unsaturated/α-hetero) is 1. The van der Waals surface area contributed by atoms with Gasteiger partial charge in [0.25, 0.3) is 11.6 Å². The molecule has 8 heteroatoms. The van der Waals surface area contributed by atoms with Gasteiger partial charge in [-0.05, 0) is 49.4 Å². The molecular weight excluding hydrogens is 400 g/mol. The van der Waals surface area contributed by atoms with Gasteiger partial charge < -0.3 is 14.8 Å². The van der Waals surface area contributed by atoms with Crippen LogP contribution in [0.2, 0.25) is 0 Å². The average Bonchev–Trinajstić information content (AvgIpc) is 2.79. The Morgan fingerprint density at radius 3 is 2.32 bits per heavy atom. The van der Waals surface area contributed by atoms with Crippen LogP contribution < -0.4 is 14.8 Å². The first-order valence-corrected chi connectivity index (χ1v) is 9.38. The number of hydrogen-bond donors (Lipinski definition) is 1. The lowest BCUT2D eigenvalue weighted by Gasteiger charge is -2.15. The molecule has 0 aliphatic rings. The van der Waals surface area contributed by atoms with E-state index in [0.29, 0.717) is 22.7 Å². The summed E-state index contributed by atoms with van der Waals surface area (Å²) in [7, 11) is 1.55. The van der Waals surface area contributed by atoms with E-state index in [1.807, 2.05) is 0 Å². The number of carbonyl (C=O) groups excluding carboxylic acids is 2. The van der Waals surface area contributed by atoms with Gasteiger partial charge in [-0.2, -0.15) is 0 Å². The van der Waals surface area contributed by atoms with Crippen LogP contribution in [0.25, 0.3) is 0 Å². The number of ketones is 1. The van der Waals surface area contributed by atoms with Crippen molar-refractivity contribution in [3.05, 3.63) is 94.0 Å². The van der Waals surface area contributed by atoms with Crippen LogP contribution in [0.4, 0.5) is 11.4 Å². The summed E-state index contributed by atoms with van der Waals surface area (Å²) in [4.78, 5) is 35.4. The highest BCUT2D eigenvalue weighted by atomic mass is 16.6. The van der Waals surface area contributed by atoms with E-state index in [9.17, 15) is 19.7 Å². The van der Waals surface area contributed by atoms with Crippen molar-refractivity contribution < 1.29 is 24.0 Å². The molecular formula is C23H20N2O6. The highest BCUT2D eigenvalue weighted by molar-refractivity contribution is 6.04. The zero-order chi connectivity index (χ0) is 22.4. The van der Waals surface area contributed by atoms with Crippen molar-refractivity contribution in [3.63, 3.8) is 0 Å². The van der Waals surface area contributed by atoms with E-state index in [-0.39, 0.29) is 17.0 Å². The van der Waals surface area contributed by atoms with Crippen LogP contribution in [-0.2, 0) is 0 Å². The van der Waals surface area contributed by atoms with Gasteiger partial charge in [-0.25, -0.2) is 0 Å². The number of nitro benzene ring substituents is 1. The number of amides is 1. The summed E-state index contributed by atoms with van der Waals surface area (Å²) in [6, 6.07) is 18.7. The molecule has 8 nitrogen and oxygen atoms in total. The van der Waals surface area contributed by atoms with Gasteiger partial charge >= 0.3 is 0 Å². The summed E-state index contributed by atoms with van der Waals surface area (Å²) in [5.74, 6) is 0.348. The molecule has 3 aromatic rings. The number of nitrogens with zero attached hydrogens (tertiary/aromatic N) is 1. The molecule has 0 aliphatic carbocycles. The molecule has 1 amide bonds. The summed E-state index contributed by atoms with van der Waals surface area (Å²) in [5, 5.41) is 13.6. The molecule has 0 saturated carbocycles. The van der Waals surface area contributed by atoms with Crippen LogP contribution in [0.1, 0.15) is 27.6 Å². The van der Waals surface area contributed by atoms with Gasteiger partial charge in [-0.15, -0.1) is 0 Å². The Hall–Kier alpha value is -4.20. The minimum atomic E-state index is -0.754. The topological polar surface area (TPSA) is 108 Å². The maximum Gasteiger partial charge on any atom is 0.270 e. The fraction of sp³-hybridized carbons (Fsp3) is 0.130. The van der Waals surface area contributed by atoms with E-state index >= 15 is 0 Å². The quantitative estimate of drug-likeness (QED) is 0.326. The molecule has 0 spiro atoms. The molecule has 0 aliphatic heterocycles. The molecule has 3 rings (SSSR count). The predicted molar refractivity (Wildman–Crippen MR) is 115 cm³/mol. The third kappa shape index (κ3) is 5.45. The summed E-state index contributed by atoms with van der Waals surface area (Å²) in [6.45, 7) is 1.64. The molecule has 1 N–H and O–H groups in total. The molecule has 0 bridgehead atoms. The average molecular weight is 420 g/mol. The van der Waals surface area contributed by atoms with E-state index in [1.54, 1.807) is 62.6 Å². The van der Waals surface area contributed by atoms with Crippen LogP contribution in [0.3, 0.4) is 0 Å². The lowest BCUT2D eigenvalue weighted by atomic mass is 10.1. The number of hydrogen-bond acceptors (Lipinski definition) is 6. The third-order valence-corrected chi connectivity index (χ3v) is 4.47. The number of carbonyl (C=O) groups is 2. The van der Waals surface area contributed by atoms with Crippen LogP contribution in [-0.4, -0.2) is 29.8 Å². The van der Waals surface area contributed by atoms with Crippen LogP contribution in [0, 0.1) is 10.1 Å². The molecule has 3 aromatic carbocycles. The molecule has 0 saturated heterocycles. The van der Waals surface area contributed by atoms with Gasteiger partial charge in [0.1, 0.15) is 11.5 Å². The Labute approximate surface area is 178 Å². The largest absolute Gasteiger partial charge is 0.497 e. The molecule has 0 heterocycles. The second kappa shape index (κ2) is 9.53. The van der Waals surface area contributed by atoms with Crippen molar-refractivity contribution in [1.82, 2.24) is 0 Å². The standard InChI is InChI=1S/C23H20N2O6/c1-15(22(26)16-9-11-20(30-2)12-10-16)31-21-8-4-6-18(14-21)24-23(27)17-5-3-7-19(13-17)25(28)29/h3-15H,1-2H3,(H,24,27)/t15-/m0/s1. The molecule has 158 valence electrons. The maximum atomic E-state index is 12.6. The predicted octanol–water partition coefficient (Wildman–Crippen LogP) is 4.51. The molecule has 0 radical (unpaired) electrons. The zero-order valence-corrected chi connectivity index (χ0v) is 16.9. The first kappa shape index (κ1) is 21.5. The fourth-order valence-corrected chi connectivity index (χ4v) is 2.86. The van der Waals surface area contributed by atoms with Gasteiger partial charge in [-0.1, -0.05) is 12.1 Å². The second-order valence-electron chi connectivity index (χ2n) is 6.64. The highest BCUT2D eigenvalue weighted by Gasteiger charge is 2.18. The van der Waals surface area contributed by atoms with Gasteiger partial charge in [0, 0.05) is 35.0 Å². The molecule has 1 atom stereocenters. The van der Waals surface area contributed by atoms with E-state index < -0.39 is 16.9 Å². The first-order chi connectivity index (χ1) is 14.9. The lowest BCUT2D eigenvalue weighted by Crippen LogP contribution is -2.24. The first-order valence-electron chi connectivity index (χ1n) is 9.38. The van der Waals surface area contributed by atoms with Crippen molar-refractivity contribution >= 4 is 23.1 Å². The number of anilines is 1. The molecule has 0 aromatic heterocycles. The zero-order valence-electron chi connectivity index (χ0n) is 16.9. The number of rotatable bonds is 8. The third-order valence-electron chi connectivity index (χ3n) is 4.47. The van der Waals surface area contributed by atoms with Crippen LogP contribution in [0.5, 0.6) is 11.5 Å². The van der Waals surface area contributed by atoms with E-state index in [4.69, 9.17) is 9.47 Å². The number of benzene rings is 3. The summed E-state index contributed by atoms with van der Waals surface area (Å²) >= 11 is 0. The van der Waals surface area contributed by atoms with E-state index in [1.165, 1.54) is 24.3 Å². The van der Waals surface area contributed by atoms with Crippen LogP contribution in [0.15, 0.2) is 72.8 Å². The smallest absolute Gasteiger partial charge is 0.270 e. The van der Waals surface area contributed by atoms with E-state index in [0.717, 1.165) is 0 Å². The second-order valence-corrected chi connectivity index (χ2v) is 6.64. The van der Waals surface area contributed by atoms with Crippen molar-refractivity contribution in [3.8, 4) is 11.5 Å². The highest BCUT2D eigenvalue weighted by Crippen LogP contribution is 2.22. The number of nitrogens with one attached hydrogen (secondary N) is 1. The van der Waals surface area contributed by atoms with Gasteiger partial charge in [0.05, 0.1) is 12.0 Å². The van der Waals surface area contributed by atoms with Crippen molar-refractivity contribution in [2.75, 3.05) is 12.4 Å². The van der Waals surface area contributed by atoms with Crippen molar-refractivity contribution in [2.45, 2.75) is 13.0 Å². The summed E-state index contributed by atoms with van der Waals surface area (Å²) in [6.07, 6.45) is -0.754. The summed E-state index contributed by atoms with van der Waals surface area (Å²) < 4.78 is 10.8. The Morgan fingerprint density at radius 2 is 1.65 bits per heavy atom. The Morgan fingerprint density at radius 1 is 0.935 bits per heavy atom. The number of non-ortho nitro benzene ring substituents is 1. The number of ether oxygens (including phenoxy) is 2. The molecule has 31 heavy (non-hydrogen) atoms. The van der Waals surface area contributed by atoms with Gasteiger partial charge in [0.2, 0.25) is 5.78 Å². The van der Waals surface area contributed by atoms with Crippen molar-refractivity contribution in [2.24, 2.45) is 0 Å². The fourth-order valence-electron chi connectivity index (χ4n) is 2.86. The Bertz CT molecular complexity index is 1110. The maximum absolute atomic E-state index is 12.6. The minimum Gasteiger partial charge on any atom is -0.497 e. The SMILES string of the molecule is COc1ccc(C(=O)[C@H](C)Oc2cccc(NC(=O)c3cccc([N+](=O)[O-])c3)c2)cc1. The van der Waals surface area contributed by atoms with Crippen LogP contribution >= 0.6 is 0 Å². The Kier molecular flexibility index (Phi) is 6.61. The van der Waals surface area contributed by atoms with Crippen molar-refractivity contribution in [1.29, 1.82) is 0 Å². The lowest BCUT2D eigenvalue weighted by molar-refractivity contribution is -0.384. The summed E-state index contributed by atoms with van der Waals surface area (Å²) in [5.41, 5.74) is 0.903. The Balaban J connectivity index is 1.68. The molecule has 0 unspecified atom stereocenters. The normalized spacial score (nSPS) is 11.3. The van der Waals surface area contributed by atoms with E-state index in [2.05, 4.69) is 5.32 Å². The number of nitro groups is 1. The van der Waals surface area contributed by atoms with Gasteiger partial charge in [0.15, 0.2) is 6.10 Å². The minimum absolute atomic E-state index is 0.156. The monoisotopic (exact) mass is 420 g/mol. The molecule has 0 fully saturated rings. The number of methoxy groups -OCH3 is 1. The van der Waals surface area contributed by atoms with Gasteiger partial charge in [-0.3, -0.25) is 19.7 Å².